The number of aliphatic hydroxyl groups excluding tert-OH is 2. The van der Waals surface area contributed by atoms with Crippen LogP contribution in [0.5, 0.6) is 0 Å². The minimum absolute atomic E-state index is 0.00149. The van der Waals surface area contributed by atoms with Crippen molar-refractivity contribution in [2.75, 3.05) is 6.61 Å². The number of H-pyrrole nitrogens is 1. The number of hydrogen-bond donors (Lipinski definition) is 4. The molecule has 0 spiro atoms. The molecule has 6 nitrogen and oxygen atoms in total. The fraction of sp³-hybridized carbons (Fsp3) is 0.182. The van der Waals surface area contributed by atoms with Gasteiger partial charge in [0.05, 0.1) is 17.8 Å². The van der Waals surface area contributed by atoms with Crippen molar-refractivity contribution >= 4 is 27.7 Å². The average molecular weight is 377 g/mol. The molecule has 144 valence electrons. The number of amides is 1. The van der Waals surface area contributed by atoms with Gasteiger partial charge in [0.25, 0.3) is 5.91 Å². The number of pyridine rings is 1. The molecular weight excluding hydrogens is 354 g/mol. The van der Waals surface area contributed by atoms with Crippen LogP contribution >= 0.6 is 0 Å². The monoisotopic (exact) mass is 377 g/mol. The predicted octanol–water partition coefficient (Wildman–Crippen LogP) is 3.77. The lowest BCUT2D eigenvalue weighted by Crippen LogP contribution is -2.36. The molecule has 0 radical (unpaired) electrons. The number of rotatable bonds is 7. The first-order valence-electron chi connectivity index (χ1n) is 9.03. The Balaban J connectivity index is 1.89. The highest BCUT2D eigenvalue weighted by molar-refractivity contribution is 6.09. The molecular formula is C22H23N3O3. The number of allylic oxidation sites excluding steroid dienone is 2. The molecule has 1 amide bonds. The van der Waals surface area contributed by atoms with Gasteiger partial charge in [-0.1, -0.05) is 18.7 Å². The van der Waals surface area contributed by atoms with Crippen molar-refractivity contribution < 1.29 is 15.0 Å². The van der Waals surface area contributed by atoms with Crippen LogP contribution in [0.15, 0.2) is 72.8 Å². The Kier molecular flexibility index (Phi) is 5.91. The van der Waals surface area contributed by atoms with Gasteiger partial charge in [-0.25, -0.2) is 0 Å². The van der Waals surface area contributed by atoms with E-state index in [0.29, 0.717) is 17.6 Å². The van der Waals surface area contributed by atoms with Crippen LogP contribution in [-0.2, 0) is 0 Å². The maximum Gasteiger partial charge on any atom is 0.251 e. The Hall–Kier alpha value is -3.38. The third-order valence-corrected chi connectivity index (χ3v) is 4.64. The molecule has 0 aliphatic carbocycles. The van der Waals surface area contributed by atoms with Gasteiger partial charge >= 0.3 is 0 Å². The molecule has 28 heavy (non-hydrogen) atoms. The van der Waals surface area contributed by atoms with Crippen LogP contribution in [0.2, 0.25) is 0 Å². The number of fused-ring (bicyclic) bond motifs is 3. The summed E-state index contributed by atoms with van der Waals surface area (Å²) in [6.07, 6.45) is 8.45. The first kappa shape index (κ1) is 19.4. The van der Waals surface area contributed by atoms with E-state index in [2.05, 4.69) is 21.9 Å². The molecule has 0 aliphatic rings. The second-order valence-electron chi connectivity index (χ2n) is 6.41. The minimum atomic E-state index is -0.438. The highest BCUT2D eigenvalue weighted by Crippen LogP contribution is 2.25. The maximum atomic E-state index is 12.8. The van der Waals surface area contributed by atoms with Crippen molar-refractivity contribution in [3.63, 3.8) is 0 Å². The molecule has 0 aliphatic heterocycles. The molecule has 2 heterocycles. The average Bonchev–Trinajstić information content (AvgIpc) is 3.09. The molecule has 0 bridgehead atoms. The van der Waals surface area contributed by atoms with E-state index in [0.717, 1.165) is 21.8 Å². The summed E-state index contributed by atoms with van der Waals surface area (Å²) in [4.78, 5) is 20.2. The van der Waals surface area contributed by atoms with Crippen LogP contribution < -0.4 is 5.32 Å². The lowest BCUT2D eigenvalue weighted by atomic mass is 10.0. The maximum absolute atomic E-state index is 12.8. The van der Waals surface area contributed by atoms with E-state index in [1.807, 2.05) is 19.1 Å². The second kappa shape index (κ2) is 8.54. The van der Waals surface area contributed by atoms with E-state index in [-0.39, 0.29) is 18.3 Å². The topological polar surface area (TPSA) is 98.2 Å². The molecule has 1 atom stereocenters. The SMILES string of the molecule is C=C/C(O)=C\C(=C/C)C(CCO)NC(=O)c1ccc2c(c1)[nH]c1cnccc12. The number of aromatic amines is 1. The third-order valence-electron chi connectivity index (χ3n) is 4.64. The van der Waals surface area contributed by atoms with E-state index < -0.39 is 6.04 Å². The Morgan fingerprint density at radius 2 is 2.11 bits per heavy atom. The van der Waals surface area contributed by atoms with Crippen LogP contribution in [0.1, 0.15) is 23.7 Å². The van der Waals surface area contributed by atoms with Crippen molar-refractivity contribution in [3.05, 3.63) is 78.4 Å². The lowest BCUT2D eigenvalue weighted by Gasteiger charge is -2.19. The van der Waals surface area contributed by atoms with Crippen molar-refractivity contribution in [2.24, 2.45) is 0 Å². The summed E-state index contributed by atoms with van der Waals surface area (Å²) in [5.74, 6) is -0.263. The second-order valence-corrected chi connectivity index (χ2v) is 6.41. The molecule has 0 fully saturated rings. The number of hydrogen-bond acceptors (Lipinski definition) is 4. The van der Waals surface area contributed by atoms with Gasteiger partial charge < -0.3 is 20.5 Å². The molecule has 1 unspecified atom stereocenters. The number of carbonyl (C=O) groups is 1. The minimum Gasteiger partial charge on any atom is -0.508 e. The molecule has 4 N–H and O–H groups in total. The molecule has 0 saturated carbocycles. The zero-order valence-corrected chi connectivity index (χ0v) is 15.6. The quantitative estimate of drug-likeness (QED) is 0.372. The van der Waals surface area contributed by atoms with Gasteiger partial charge in [-0.3, -0.25) is 9.78 Å². The van der Waals surface area contributed by atoms with Crippen molar-refractivity contribution in [1.82, 2.24) is 15.3 Å². The molecule has 2 aromatic heterocycles. The fourth-order valence-corrected chi connectivity index (χ4v) is 3.21. The predicted molar refractivity (Wildman–Crippen MR) is 111 cm³/mol. The Bertz CT molecular complexity index is 1080. The van der Waals surface area contributed by atoms with Crippen LogP contribution in [0.3, 0.4) is 0 Å². The first-order chi connectivity index (χ1) is 13.6. The number of nitrogens with one attached hydrogen (secondary N) is 2. The molecule has 3 aromatic rings. The summed E-state index contributed by atoms with van der Waals surface area (Å²) in [6.45, 7) is 5.23. The van der Waals surface area contributed by atoms with Crippen molar-refractivity contribution in [2.45, 2.75) is 19.4 Å². The number of aromatic nitrogens is 2. The van der Waals surface area contributed by atoms with Crippen molar-refractivity contribution in [3.8, 4) is 0 Å². The zero-order valence-electron chi connectivity index (χ0n) is 15.6. The number of nitrogens with zero attached hydrogens (tertiary/aromatic N) is 1. The van der Waals surface area contributed by atoms with Crippen LogP contribution in [-0.4, -0.2) is 38.7 Å². The number of aliphatic hydroxyl groups is 2. The van der Waals surface area contributed by atoms with E-state index in [1.165, 1.54) is 12.2 Å². The van der Waals surface area contributed by atoms with E-state index in [4.69, 9.17) is 0 Å². The van der Waals surface area contributed by atoms with Crippen LogP contribution in [0.4, 0.5) is 0 Å². The van der Waals surface area contributed by atoms with Gasteiger partial charge in [0.2, 0.25) is 0 Å². The molecule has 3 rings (SSSR count). The summed E-state index contributed by atoms with van der Waals surface area (Å²) in [5.41, 5.74) is 2.96. The molecule has 6 heteroatoms. The summed E-state index contributed by atoms with van der Waals surface area (Å²) in [6, 6.07) is 6.97. The smallest absolute Gasteiger partial charge is 0.251 e. The number of carbonyl (C=O) groups excluding carboxylic acids is 1. The summed E-state index contributed by atoms with van der Waals surface area (Å²) >= 11 is 0. The summed E-state index contributed by atoms with van der Waals surface area (Å²) < 4.78 is 0. The fourth-order valence-electron chi connectivity index (χ4n) is 3.21. The number of benzene rings is 1. The summed E-state index contributed by atoms with van der Waals surface area (Å²) in [7, 11) is 0. The van der Waals surface area contributed by atoms with Gasteiger partial charge in [-0.05, 0) is 49.3 Å². The lowest BCUT2D eigenvalue weighted by molar-refractivity contribution is 0.0938. The highest BCUT2D eigenvalue weighted by Gasteiger charge is 2.17. The van der Waals surface area contributed by atoms with Crippen LogP contribution in [0.25, 0.3) is 21.8 Å². The molecule has 0 saturated heterocycles. The van der Waals surface area contributed by atoms with Gasteiger partial charge in [-0.2, -0.15) is 0 Å². The van der Waals surface area contributed by atoms with Gasteiger partial charge in [0, 0.05) is 34.7 Å². The first-order valence-corrected chi connectivity index (χ1v) is 9.03. The van der Waals surface area contributed by atoms with Crippen molar-refractivity contribution in [1.29, 1.82) is 0 Å². The third kappa shape index (κ3) is 3.97. The van der Waals surface area contributed by atoms with Gasteiger partial charge in [-0.15, -0.1) is 0 Å². The van der Waals surface area contributed by atoms with Crippen LogP contribution in [0, 0.1) is 0 Å². The summed E-state index contributed by atoms with van der Waals surface area (Å²) in [5, 5.41) is 24.1. The van der Waals surface area contributed by atoms with E-state index in [1.54, 1.807) is 30.6 Å². The molecule has 1 aromatic carbocycles. The Morgan fingerprint density at radius 1 is 1.32 bits per heavy atom. The van der Waals surface area contributed by atoms with E-state index in [9.17, 15) is 15.0 Å². The van der Waals surface area contributed by atoms with E-state index >= 15 is 0 Å². The Morgan fingerprint density at radius 3 is 2.82 bits per heavy atom. The highest BCUT2D eigenvalue weighted by atomic mass is 16.3. The normalized spacial score (nSPS) is 13.6. The zero-order chi connectivity index (χ0) is 20.1. The largest absolute Gasteiger partial charge is 0.508 e. The standard InChI is InChI=1S/C22H23N3O3/c1-3-14(11-16(27)4-2)19(8-10-26)25-22(28)15-5-6-17-18-7-9-23-13-21(18)24-20(17)12-15/h3-7,9,11-13,19,24,26-27H,2,8,10H2,1H3,(H,25,28)/b14-3+,16-11+. The van der Waals surface area contributed by atoms with Gasteiger partial charge in [0.1, 0.15) is 5.76 Å². The van der Waals surface area contributed by atoms with Gasteiger partial charge in [0.15, 0.2) is 0 Å². The Labute approximate surface area is 162 Å².